The number of nitrogens with two attached hydrogens (primary N) is 1. The van der Waals surface area contributed by atoms with Gasteiger partial charge in [-0.25, -0.2) is 15.8 Å². The number of carbonyl (C=O) groups is 1. The van der Waals surface area contributed by atoms with Crippen molar-refractivity contribution in [2.75, 3.05) is 12.4 Å². The smallest absolute Gasteiger partial charge is 0.267 e. The number of rotatable bonds is 5. The lowest BCUT2D eigenvalue weighted by molar-refractivity contribution is 0.0954. The number of aryl methyl sites for hydroxylation is 1. The largest absolute Gasteiger partial charge is 0.497 e. The number of anilines is 2. The number of amides is 1. The molecular formula is C19H19N5O2. The van der Waals surface area contributed by atoms with Crippen LogP contribution in [0, 0.1) is 6.92 Å². The average molecular weight is 349 g/mol. The van der Waals surface area contributed by atoms with Gasteiger partial charge in [0, 0.05) is 17.3 Å². The van der Waals surface area contributed by atoms with Crippen molar-refractivity contribution in [1.82, 2.24) is 15.4 Å². The number of benzene rings is 2. The number of ether oxygens (including phenoxy) is 1. The van der Waals surface area contributed by atoms with Crippen LogP contribution in [-0.4, -0.2) is 23.0 Å². The summed E-state index contributed by atoms with van der Waals surface area (Å²) >= 11 is 0. The van der Waals surface area contributed by atoms with E-state index >= 15 is 0 Å². The highest BCUT2D eigenvalue weighted by Crippen LogP contribution is 2.24. The number of hydrogen-bond acceptors (Lipinski definition) is 6. The molecule has 0 aliphatic carbocycles. The number of para-hydroxylation sites is 1. The fraction of sp³-hybridized carbons (Fsp3) is 0.105. The van der Waals surface area contributed by atoms with E-state index in [0.29, 0.717) is 22.9 Å². The Balaban J connectivity index is 1.95. The van der Waals surface area contributed by atoms with Gasteiger partial charge in [-0.3, -0.25) is 10.2 Å². The molecule has 3 rings (SSSR count). The first-order chi connectivity index (χ1) is 12.6. The minimum atomic E-state index is -0.380. The first-order valence-electron chi connectivity index (χ1n) is 7.98. The zero-order valence-electron chi connectivity index (χ0n) is 14.5. The maximum absolute atomic E-state index is 11.9. The van der Waals surface area contributed by atoms with Crippen LogP contribution in [0.25, 0.3) is 11.4 Å². The molecule has 0 saturated carbocycles. The molecule has 0 unspecified atom stereocenters. The molecule has 2 aromatic carbocycles. The third-order valence-electron chi connectivity index (χ3n) is 3.77. The molecule has 132 valence electrons. The highest BCUT2D eigenvalue weighted by molar-refractivity contribution is 5.99. The fourth-order valence-electron chi connectivity index (χ4n) is 2.51. The van der Waals surface area contributed by atoms with Crippen molar-refractivity contribution >= 4 is 17.4 Å². The van der Waals surface area contributed by atoms with Gasteiger partial charge >= 0.3 is 0 Å². The van der Waals surface area contributed by atoms with E-state index in [9.17, 15) is 4.79 Å². The molecule has 1 aromatic heterocycles. The Hall–Kier alpha value is -3.45. The first kappa shape index (κ1) is 17.4. The van der Waals surface area contributed by atoms with E-state index < -0.39 is 0 Å². The van der Waals surface area contributed by atoms with E-state index in [1.165, 1.54) is 0 Å². The maximum atomic E-state index is 11.9. The van der Waals surface area contributed by atoms with Gasteiger partial charge < -0.3 is 10.1 Å². The number of nitrogens with zero attached hydrogens (tertiary/aromatic N) is 2. The van der Waals surface area contributed by atoms with Gasteiger partial charge in [0.2, 0.25) is 0 Å². The Morgan fingerprint density at radius 1 is 1.08 bits per heavy atom. The number of nitrogens with one attached hydrogen (secondary N) is 2. The van der Waals surface area contributed by atoms with Gasteiger partial charge in [-0.05, 0) is 43.3 Å². The maximum Gasteiger partial charge on any atom is 0.267 e. The summed E-state index contributed by atoms with van der Waals surface area (Å²) < 4.78 is 5.18. The Morgan fingerprint density at radius 3 is 2.50 bits per heavy atom. The molecule has 0 bridgehead atoms. The SMILES string of the molecule is COc1ccc(-c2nc(C)cc(Nc3ccccc3C(=O)NN)n2)cc1. The highest BCUT2D eigenvalue weighted by Gasteiger charge is 2.11. The summed E-state index contributed by atoms with van der Waals surface area (Å²) in [7, 11) is 1.62. The average Bonchev–Trinajstić information content (AvgIpc) is 2.67. The predicted octanol–water partition coefficient (Wildman–Crippen LogP) is 2.81. The van der Waals surface area contributed by atoms with Crippen LogP contribution >= 0.6 is 0 Å². The van der Waals surface area contributed by atoms with E-state index in [-0.39, 0.29) is 5.91 Å². The molecule has 0 radical (unpaired) electrons. The van der Waals surface area contributed by atoms with Crippen LogP contribution in [0.1, 0.15) is 16.1 Å². The molecule has 0 fully saturated rings. The lowest BCUT2D eigenvalue weighted by atomic mass is 10.1. The van der Waals surface area contributed by atoms with Gasteiger partial charge in [0.1, 0.15) is 11.6 Å². The van der Waals surface area contributed by atoms with Crippen molar-refractivity contribution in [3.8, 4) is 17.1 Å². The minimum Gasteiger partial charge on any atom is -0.497 e. The summed E-state index contributed by atoms with van der Waals surface area (Å²) in [5.41, 5.74) is 4.84. The Bertz CT molecular complexity index is 925. The van der Waals surface area contributed by atoms with Gasteiger partial charge in [-0.1, -0.05) is 12.1 Å². The molecule has 7 nitrogen and oxygen atoms in total. The molecule has 0 atom stereocenters. The van der Waals surface area contributed by atoms with E-state index in [1.54, 1.807) is 25.3 Å². The van der Waals surface area contributed by atoms with Crippen LogP contribution in [0.15, 0.2) is 54.6 Å². The molecule has 0 aliphatic rings. The molecule has 1 amide bonds. The number of methoxy groups -OCH3 is 1. The Morgan fingerprint density at radius 2 is 1.81 bits per heavy atom. The minimum absolute atomic E-state index is 0.380. The highest BCUT2D eigenvalue weighted by atomic mass is 16.5. The van der Waals surface area contributed by atoms with Gasteiger partial charge in [0.25, 0.3) is 5.91 Å². The molecule has 4 N–H and O–H groups in total. The van der Waals surface area contributed by atoms with E-state index in [2.05, 4.69) is 20.7 Å². The molecule has 3 aromatic rings. The first-order valence-corrected chi connectivity index (χ1v) is 7.98. The third kappa shape index (κ3) is 3.79. The molecular weight excluding hydrogens is 330 g/mol. The number of nitrogen functional groups attached to an aromatic ring is 1. The normalized spacial score (nSPS) is 10.3. The van der Waals surface area contributed by atoms with E-state index in [4.69, 9.17) is 10.6 Å². The third-order valence-corrected chi connectivity index (χ3v) is 3.77. The van der Waals surface area contributed by atoms with Crippen LogP contribution < -0.4 is 21.3 Å². The van der Waals surface area contributed by atoms with E-state index in [0.717, 1.165) is 17.0 Å². The lowest BCUT2D eigenvalue weighted by Gasteiger charge is -2.12. The monoisotopic (exact) mass is 349 g/mol. The fourth-order valence-corrected chi connectivity index (χ4v) is 2.51. The van der Waals surface area contributed by atoms with Gasteiger partial charge in [0.05, 0.1) is 18.4 Å². The standard InChI is InChI=1S/C19H19N5O2/c1-12-11-17(22-16-6-4-3-5-15(16)19(25)24-20)23-18(21-12)13-7-9-14(26-2)10-8-13/h3-11H,20H2,1-2H3,(H,24,25)(H,21,22,23). The van der Waals surface area contributed by atoms with Crippen LogP contribution in [0.5, 0.6) is 5.75 Å². The van der Waals surface area contributed by atoms with Gasteiger partial charge in [0.15, 0.2) is 5.82 Å². The molecule has 7 heteroatoms. The number of hydrazine groups is 1. The summed E-state index contributed by atoms with van der Waals surface area (Å²) in [6.07, 6.45) is 0. The second-order valence-electron chi connectivity index (χ2n) is 5.59. The van der Waals surface area contributed by atoms with Gasteiger partial charge in [-0.2, -0.15) is 0 Å². The Labute approximate surface area is 151 Å². The summed E-state index contributed by atoms with van der Waals surface area (Å²) in [5, 5.41) is 3.17. The zero-order chi connectivity index (χ0) is 18.5. The lowest BCUT2D eigenvalue weighted by Crippen LogP contribution is -2.30. The molecule has 0 spiro atoms. The van der Waals surface area contributed by atoms with E-state index in [1.807, 2.05) is 43.3 Å². The second-order valence-corrected chi connectivity index (χ2v) is 5.59. The van der Waals surface area contributed by atoms with Crippen molar-refractivity contribution < 1.29 is 9.53 Å². The Kier molecular flexibility index (Phi) is 5.09. The van der Waals surface area contributed by atoms with Crippen LogP contribution in [0.2, 0.25) is 0 Å². The summed E-state index contributed by atoms with van der Waals surface area (Å²) in [6, 6.07) is 16.4. The van der Waals surface area contributed by atoms with Crippen molar-refractivity contribution in [2.24, 2.45) is 5.84 Å². The quantitative estimate of drug-likeness (QED) is 0.372. The van der Waals surface area contributed by atoms with Crippen molar-refractivity contribution in [3.05, 3.63) is 65.9 Å². The number of carbonyl (C=O) groups excluding carboxylic acids is 1. The topological polar surface area (TPSA) is 102 Å². The molecule has 0 saturated heterocycles. The zero-order valence-corrected chi connectivity index (χ0v) is 14.5. The summed E-state index contributed by atoms with van der Waals surface area (Å²) in [5.74, 6) is 6.80. The number of aromatic nitrogens is 2. The van der Waals surface area contributed by atoms with Crippen molar-refractivity contribution in [1.29, 1.82) is 0 Å². The number of hydrogen-bond donors (Lipinski definition) is 3. The van der Waals surface area contributed by atoms with Crippen molar-refractivity contribution in [3.63, 3.8) is 0 Å². The summed E-state index contributed by atoms with van der Waals surface area (Å²) in [6.45, 7) is 1.89. The molecule has 26 heavy (non-hydrogen) atoms. The van der Waals surface area contributed by atoms with Gasteiger partial charge in [-0.15, -0.1) is 0 Å². The summed E-state index contributed by atoms with van der Waals surface area (Å²) in [4.78, 5) is 21.0. The van der Waals surface area contributed by atoms with Crippen molar-refractivity contribution in [2.45, 2.75) is 6.92 Å². The van der Waals surface area contributed by atoms with Crippen LogP contribution in [-0.2, 0) is 0 Å². The molecule has 1 heterocycles. The molecule has 0 aliphatic heterocycles. The second kappa shape index (κ2) is 7.62. The van der Waals surface area contributed by atoms with Crippen LogP contribution in [0.4, 0.5) is 11.5 Å². The van der Waals surface area contributed by atoms with Crippen LogP contribution in [0.3, 0.4) is 0 Å². The predicted molar refractivity (Wildman–Crippen MR) is 100 cm³/mol.